The van der Waals surface area contributed by atoms with Crippen molar-refractivity contribution in [1.82, 2.24) is 10.0 Å². The van der Waals surface area contributed by atoms with Gasteiger partial charge >= 0.3 is 0 Å². The van der Waals surface area contributed by atoms with Crippen molar-refractivity contribution in [3.05, 3.63) is 30.3 Å². The van der Waals surface area contributed by atoms with Crippen molar-refractivity contribution in [2.45, 2.75) is 57.9 Å². The summed E-state index contributed by atoms with van der Waals surface area (Å²) in [7, 11) is -3.56. The molecule has 6 heteroatoms. The van der Waals surface area contributed by atoms with Gasteiger partial charge in [-0.05, 0) is 37.8 Å². The highest BCUT2D eigenvalue weighted by Crippen LogP contribution is 2.26. The zero-order valence-electron chi connectivity index (χ0n) is 14.6. The Morgan fingerprint density at radius 2 is 1.61 bits per heavy atom. The predicted octanol–water partition coefficient (Wildman–Crippen LogP) is 2.69. The molecule has 0 aliphatic heterocycles. The number of hydrogen-bond acceptors (Lipinski definition) is 3. The maximum atomic E-state index is 12.0. The molecule has 2 N–H and O–H groups in total. The molecule has 1 rings (SSSR count). The van der Waals surface area contributed by atoms with Crippen molar-refractivity contribution in [1.29, 1.82) is 0 Å². The van der Waals surface area contributed by atoms with E-state index in [0.717, 1.165) is 6.42 Å². The zero-order valence-corrected chi connectivity index (χ0v) is 15.5. The van der Waals surface area contributed by atoms with Crippen molar-refractivity contribution >= 4 is 15.9 Å². The van der Waals surface area contributed by atoms with Crippen molar-refractivity contribution in [3.8, 4) is 0 Å². The summed E-state index contributed by atoms with van der Waals surface area (Å²) in [5.74, 6) is -0.157. The number of carbonyl (C=O) groups excluding carboxylic acids is 1. The van der Waals surface area contributed by atoms with Gasteiger partial charge in [0.05, 0.1) is 4.90 Å². The first-order valence-electron chi connectivity index (χ1n) is 7.77. The first-order chi connectivity index (χ1) is 10.4. The van der Waals surface area contributed by atoms with Crippen molar-refractivity contribution in [2.75, 3.05) is 6.54 Å². The Morgan fingerprint density at radius 3 is 2.13 bits per heavy atom. The van der Waals surface area contributed by atoms with E-state index in [2.05, 4.69) is 30.8 Å². The molecule has 0 bridgehead atoms. The Balaban J connectivity index is 2.48. The normalized spacial score (nSPS) is 12.9. The van der Waals surface area contributed by atoms with Crippen molar-refractivity contribution < 1.29 is 13.2 Å². The Kier molecular flexibility index (Phi) is 6.36. The molecule has 5 nitrogen and oxygen atoms in total. The lowest BCUT2D eigenvalue weighted by molar-refractivity contribution is -0.122. The second-order valence-electron chi connectivity index (χ2n) is 7.63. The largest absolute Gasteiger partial charge is 0.351 e. The fourth-order valence-corrected chi connectivity index (χ4v) is 3.84. The van der Waals surface area contributed by atoms with Gasteiger partial charge in [0.2, 0.25) is 15.9 Å². The fraction of sp³-hybridized carbons (Fsp3) is 0.588. The Morgan fingerprint density at radius 1 is 1.04 bits per heavy atom. The lowest BCUT2D eigenvalue weighted by Crippen LogP contribution is -2.46. The summed E-state index contributed by atoms with van der Waals surface area (Å²) in [6.07, 6.45) is 0.946. The van der Waals surface area contributed by atoms with Gasteiger partial charge in [0.15, 0.2) is 0 Å². The van der Waals surface area contributed by atoms with Gasteiger partial charge in [-0.1, -0.05) is 39.0 Å². The van der Waals surface area contributed by atoms with E-state index in [1.54, 1.807) is 18.2 Å². The van der Waals surface area contributed by atoms with Crippen LogP contribution in [-0.2, 0) is 14.8 Å². The summed E-state index contributed by atoms with van der Waals surface area (Å²) in [4.78, 5) is 12.2. The highest BCUT2D eigenvalue weighted by molar-refractivity contribution is 7.89. The quantitative estimate of drug-likeness (QED) is 0.801. The number of amides is 1. The SMILES string of the molecule is CC(C)(C)CC(C)(C)NC(=O)CCNS(=O)(=O)c1ccccc1. The van der Waals surface area contributed by atoms with Crippen molar-refractivity contribution in [2.24, 2.45) is 5.41 Å². The summed E-state index contributed by atoms with van der Waals surface area (Å²) in [6, 6.07) is 8.13. The average molecular weight is 340 g/mol. The minimum atomic E-state index is -3.56. The molecule has 0 aliphatic carbocycles. The average Bonchev–Trinajstić information content (AvgIpc) is 2.35. The highest BCUT2D eigenvalue weighted by Gasteiger charge is 2.26. The molecule has 0 aliphatic rings. The Bertz CT molecular complexity index is 617. The third-order valence-electron chi connectivity index (χ3n) is 3.15. The standard InChI is InChI=1S/C17H28N2O3S/c1-16(2,3)13-17(4,5)19-15(20)11-12-18-23(21,22)14-9-7-6-8-10-14/h6-10,18H,11-13H2,1-5H3,(H,19,20). The van der Waals surface area contributed by atoms with Crippen molar-refractivity contribution in [3.63, 3.8) is 0 Å². The molecular weight excluding hydrogens is 312 g/mol. The lowest BCUT2D eigenvalue weighted by atomic mass is 9.82. The molecular formula is C17H28N2O3S. The molecule has 0 unspecified atom stereocenters. The molecule has 1 aromatic rings. The van der Waals surface area contributed by atoms with Crippen LogP contribution in [0.15, 0.2) is 35.2 Å². The van der Waals surface area contributed by atoms with Gasteiger partial charge in [0.25, 0.3) is 0 Å². The monoisotopic (exact) mass is 340 g/mol. The molecule has 0 spiro atoms. The lowest BCUT2D eigenvalue weighted by Gasteiger charge is -2.33. The maximum absolute atomic E-state index is 12.0. The van der Waals surface area contributed by atoms with Crippen LogP contribution < -0.4 is 10.0 Å². The van der Waals surface area contributed by atoms with E-state index in [4.69, 9.17) is 0 Å². The van der Waals surface area contributed by atoms with Gasteiger partial charge in [0, 0.05) is 18.5 Å². The van der Waals surface area contributed by atoms with Crippen LogP contribution in [0.4, 0.5) is 0 Å². The first-order valence-corrected chi connectivity index (χ1v) is 9.25. The zero-order chi connectivity index (χ0) is 17.7. The summed E-state index contributed by atoms with van der Waals surface area (Å²) in [6.45, 7) is 10.4. The van der Waals surface area contributed by atoms with E-state index in [9.17, 15) is 13.2 Å². The van der Waals surface area contributed by atoms with Crippen LogP contribution in [0, 0.1) is 5.41 Å². The molecule has 1 amide bonds. The third kappa shape index (κ3) is 7.61. The molecule has 0 heterocycles. The summed E-state index contributed by atoms with van der Waals surface area (Å²) < 4.78 is 26.5. The summed E-state index contributed by atoms with van der Waals surface area (Å²) >= 11 is 0. The molecule has 130 valence electrons. The van der Waals surface area contributed by atoms with E-state index in [-0.39, 0.29) is 34.7 Å². The molecule has 0 radical (unpaired) electrons. The first kappa shape index (κ1) is 19.6. The summed E-state index contributed by atoms with van der Waals surface area (Å²) in [5, 5.41) is 2.97. The molecule has 23 heavy (non-hydrogen) atoms. The highest BCUT2D eigenvalue weighted by atomic mass is 32.2. The van der Waals surface area contributed by atoms with Crippen LogP contribution in [0.2, 0.25) is 0 Å². The fourth-order valence-electron chi connectivity index (χ4n) is 2.79. The Labute approximate surface area is 139 Å². The second kappa shape index (κ2) is 7.45. The van der Waals surface area contributed by atoms with E-state index >= 15 is 0 Å². The number of sulfonamides is 1. The minimum absolute atomic E-state index is 0.0780. The number of benzene rings is 1. The smallest absolute Gasteiger partial charge is 0.240 e. The molecule has 1 aromatic carbocycles. The van der Waals surface area contributed by atoms with E-state index in [0.29, 0.717) is 0 Å². The molecule has 0 fully saturated rings. The van der Waals surface area contributed by atoms with Crippen LogP contribution in [0.25, 0.3) is 0 Å². The van der Waals surface area contributed by atoms with Gasteiger partial charge in [0.1, 0.15) is 0 Å². The number of carbonyl (C=O) groups is 1. The number of rotatable bonds is 7. The second-order valence-corrected chi connectivity index (χ2v) is 9.40. The van der Waals surface area contributed by atoms with Gasteiger partial charge in [-0.15, -0.1) is 0 Å². The molecule has 0 saturated heterocycles. The van der Waals surface area contributed by atoms with E-state index < -0.39 is 10.0 Å². The Hall–Kier alpha value is -1.40. The molecule has 0 aromatic heterocycles. The van der Waals surface area contributed by atoms with Crippen LogP contribution in [0.3, 0.4) is 0 Å². The van der Waals surface area contributed by atoms with E-state index in [1.165, 1.54) is 12.1 Å². The van der Waals surface area contributed by atoms with Gasteiger partial charge in [-0.2, -0.15) is 0 Å². The number of hydrogen-bond donors (Lipinski definition) is 2. The topological polar surface area (TPSA) is 75.3 Å². The van der Waals surface area contributed by atoms with Gasteiger partial charge in [-0.3, -0.25) is 4.79 Å². The van der Waals surface area contributed by atoms with Gasteiger partial charge < -0.3 is 5.32 Å². The van der Waals surface area contributed by atoms with Crippen LogP contribution in [0.5, 0.6) is 0 Å². The maximum Gasteiger partial charge on any atom is 0.240 e. The van der Waals surface area contributed by atoms with Crippen LogP contribution in [0.1, 0.15) is 47.5 Å². The number of nitrogens with one attached hydrogen (secondary N) is 2. The van der Waals surface area contributed by atoms with E-state index in [1.807, 2.05) is 13.8 Å². The third-order valence-corrected chi connectivity index (χ3v) is 4.62. The summed E-state index contributed by atoms with van der Waals surface area (Å²) in [5.41, 5.74) is -0.223. The van der Waals surface area contributed by atoms with Crippen LogP contribution in [-0.4, -0.2) is 26.4 Å². The molecule has 0 saturated carbocycles. The molecule has 0 atom stereocenters. The van der Waals surface area contributed by atoms with Gasteiger partial charge in [-0.25, -0.2) is 13.1 Å². The predicted molar refractivity (Wildman–Crippen MR) is 92.5 cm³/mol. The minimum Gasteiger partial charge on any atom is -0.351 e. The van der Waals surface area contributed by atoms with Crippen LogP contribution >= 0.6 is 0 Å².